The first kappa shape index (κ1) is 24.7. The van der Waals surface area contributed by atoms with Crippen LogP contribution in [0.2, 0.25) is 0 Å². The molecule has 5 heterocycles. The number of nitrogens with zero attached hydrogens (tertiary/aromatic N) is 9. The second-order valence-electron chi connectivity index (χ2n) is 10.5. The first-order valence-corrected chi connectivity index (χ1v) is 13.4. The van der Waals surface area contributed by atoms with E-state index in [1.165, 1.54) is 5.56 Å². The molecule has 0 saturated carbocycles. The summed E-state index contributed by atoms with van der Waals surface area (Å²) in [5, 5.41) is 4.45. The summed E-state index contributed by atoms with van der Waals surface area (Å²) < 4.78 is 8.19. The Balaban J connectivity index is 1.08. The summed E-state index contributed by atoms with van der Waals surface area (Å²) in [6, 6.07) is 8.66. The number of benzene rings is 1. The lowest BCUT2D eigenvalue weighted by atomic mass is 10.1. The van der Waals surface area contributed by atoms with Crippen LogP contribution in [0.15, 0.2) is 36.7 Å². The van der Waals surface area contributed by atoms with Gasteiger partial charge in [-0.15, -0.1) is 5.10 Å². The lowest BCUT2D eigenvalue weighted by Gasteiger charge is -2.32. The lowest BCUT2D eigenvalue weighted by molar-refractivity contribution is 0.148. The number of fused-ring (bicyclic) bond motifs is 1. The monoisotopic (exact) mass is 513 g/mol. The van der Waals surface area contributed by atoms with Gasteiger partial charge >= 0.3 is 0 Å². The van der Waals surface area contributed by atoms with Gasteiger partial charge in [-0.1, -0.05) is 24.3 Å². The number of likely N-dealkylation sites (N-methyl/N-ethyl adjacent to an activating group) is 1. The second kappa shape index (κ2) is 10.3. The van der Waals surface area contributed by atoms with E-state index in [4.69, 9.17) is 4.74 Å². The fourth-order valence-electron chi connectivity index (χ4n) is 5.31. The van der Waals surface area contributed by atoms with E-state index in [2.05, 4.69) is 71.0 Å². The number of hydrogen-bond donors (Lipinski definition) is 0. The SMILES string of the molecule is Cc1nc2nc(C)c(OC3CCN(c4cnc(-c5ccc(CN6CCN(C)CC6)cc5)nc4)C3)c(C)n2n1. The normalized spacial score (nSPS) is 18.9. The predicted molar refractivity (Wildman–Crippen MR) is 146 cm³/mol. The highest BCUT2D eigenvalue weighted by Crippen LogP contribution is 2.28. The van der Waals surface area contributed by atoms with Gasteiger partial charge < -0.3 is 14.5 Å². The first-order chi connectivity index (χ1) is 18.4. The van der Waals surface area contributed by atoms with Crippen LogP contribution in [0.3, 0.4) is 0 Å². The molecular weight excluding hydrogens is 478 g/mol. The zero-order chi connectivity index (χ0) is 26.2. The summed E-state index contributed by atoms with van der Waals surface area (Å²) in [6.45, 7) is 13.0. The Bertz CT molecular complexity index is 1410. The van der Waals surface area contributed by atoms with Crippen molar-refractivity contribution < 1.29 is 4.74 Å². The number of piperazine rings is 1. The predicted octanol–water partition coefficient (Wildman–Crippen LogP) is 2.91. The van der Waals surface area contributed by atoms with Gasteiger partial charge in [-0.25, -0.2) is 15.0 Å². The van der Waals surface area contributed by atoms with Crippen molar-refractivity contribution in [3.05, 3.63) is 59.4 Å². The Kier molecular flexibility index (Phi) is 6.67. The molecule has 1 aromatic carbocycles. The summed E-state index contributed by atoms with van der Waals surface area (Å²) in [5.41, 5.74) is 5.15. The van der Waals surface area contributed by atoms with E-state index in [0.717, 1.165) is 86.4 Å². The van der Waals surface area contributed by atoms with Gasteiger partial charge in [0.15, 0.2) is 11.6 Å². The van der Waals surface area contributed by atoms with E-state index in [0.29, 0.717) is 11.6 Å². The molecule has 4 aromatic rings. The third kappa shape index (κ3) is 5.06. The largest absolute Gasteiger partial charge is 0.485 e. The topological polar surface area (TPSA) is 87.8 Å². The molecule has 0 spiro atoms. The molecule has 2 saturated heterocycles. The standard InChI is InChI=1S/C28H35N9O/c1-19-26(20(2)37-28(31-19)32-21(3)33-37)38-25-9-10-36(18-25)24-15-29-27(30-16-24)23-7-5-22(6-8-23)17-35-13-11-34(4)12-14-35/h5-8,15-16,25H,9-14,17-18H2,1-4H3. The highest BCUT2D eigenvalue weighted by Gasteiger charge is 2.27. The average Bonchev–Trinajstić information content (AvgIpc) is 3.55. The van der Waals surface area contributed by atoms with E-state index in [9.17, 15) is 0 Å². The number of aryl methyl sites for hydroxylation is 3. The van der Waals surface area contributed by atoms with Crippen LogP contribution >= 0.6 is 0 Å². The number of ether oxygens (including phenoxy) is 1. The molecule has 0 bridgehead atoms. The molecule has 198 valence electrons. The van der Waals surface area contributed by atoms with Crippen LogP contribution in [0.4, 0.5) is 5.69 Å². The second-order valence-corrected chi connectivity index (χ2v) is 10.5. The molecule has 1 atom stereocenters. The van der Waals surface area contributed by atoms with E-state index in [-0.39, 0.29) is 6.10 Å². The third-order valence-corrected chi connectivity index (χ3v) is 7.59. The van der Waals surface area contributed by atoms with Crippen molar-refractivity contribution >= 4 is 11.5 Å². The molecule has 0 N–H and O–H groups in total. The van der Waals surface area contributed by atoms with Crippen LogP contribution in [-0.4, -0.2) is 91.8 Å². The number of rotatable bonds is 6. The lowest BCUT2D eigenvalue weighted by Crippen LogP contribution is -2.43. The summed E-state index contributed by atoms with van der Waals surface area (Å²) in [6.07, 6.45) is 4.82. The van der Waals surface area contributed by atoms with Gasteiger partial charge in [0.05, 0.1) is 36.0 Å². The molecule has 38 heavy (non-hydrogen) atoms. The number of hydrogen-bond acceptors (Lipinski definition) is 9. The average molecular weight is 514 g/mol. The molecule has 1 unspecified atom stereocenters. The van der Waals surface area contributed by atoms with Crippen molar-refractivity contribution in [1.82, 2.24) is 39.3 Å². The van der Waals surface area contributed by atoms with Gasteiger partial charge in [-0.3, -0.25) is 4.90 Å². The van der Waals surface area contributed by atoms with Gasteiger partial charge in [0, 0.05) is 51.3 Å². The maximum absolute atomic E-state index is 6.43. The summed E-state index contributed by atoms with van der Waals surface area (Å²) >= 11 is 0. The molecule has 2 fully saturated rings. The van der Waals surface area contributed by atoms with Crippen LogP contribution in [0.5, 0.6) is 5.75 Å². The summed E-state index contributed by atoms with van der Waals surface area (Å²) in [7, 11) is 2.19. The molecule has 2 aliphatic rings. The highest BCUT2D eigenvalue weighted by atomic mass is 16.5. The Hall–Kier alpha value is -3.63. The van der Waals surface area contributed by atoms with Crippen molar-refractivity contribution in [3.8, 4) is 17.1 Å². The fourth-order valence-corrected chi connectivity index (χ4v) is 5.31. The highest BCUT2D eigenvalue weighted by molar-refractivity contribution is 5.57. The van der Waals surface area contributed by atoms with Crippen LogP contribution < -0.4 is 9.64 Å². The zero-order valence-electron chi connectivity index (χ0n) is 22.6. The Morgan fingerprint density at radius 2 is 1.66 bits per heavy atom. The van der Waals surface area contributed by atoms with Gasteiger partial charge in [0.2, 0.25) is 0 Å². The Labute approximate surface area is 223 Å². The van der Waals surface area contributed by atoms with Crippen LogP contribution in [0.1, 0.15) is 29.2 Å². The Morgan fingerprint density at radius 1 is 0.921 bits per heavy atom. The van der Waals surface area contributed by atoms with Gasteiger partial charge in [0.1, 0.15) is 11.9 Å². The molecule has 2 aliphatic heterocycles. The minimum absolute atomic E-state index is 0.0591. The molecule has 10 nitrogen and oxygen atoms in total. The van der Waals surface area contributed by atoms with Crippen LogP contribution in [0, 0.1) is 20.8 Å². The molecule has 0 amide bonds. The van der Waals surface area contributed by atoms with Crippen molar-refractivity contribution in [1.29, 1.82) is 0 Å². The quantitative estimate of drug-likeness (QED) is 0.386. The minimum Gasteiger partial charge on any atom is -0.485 e. The van der Waals surface area contributed by atoms with E-state index in [1.807, 2.05) is 33.2 Å². The molecular formula is C28H35N9O. The van der Waals surface area contributed by atoms with E-state index >= 15 is 0 Å². The van der Waals surface area contributed by atoms with Crippen molar-refractivity contribution in [3.63, 3.8) is 0 Å². The van der Waals surface area contributed by atoms with Crippen LogP contribution in [-0.2, 0) is 6.54 Å². The van der Waals surface area contributed by atoms with Gasteiger partial charge in [-0.2, -0.15) is 9.50 Å². The molecule has 6 rings (SSSR count). The maximum Gasteiger partial charge on any atom is 0.253 e. The van der Waals surface area contributed by atoms with Crippen molar-refractivity contribution in [2.75, 3.05) is 51.2 Å². The molecule has 0 radical (unpaired) electrons. The van der Waals surface area contributed by atoms with Crippen LogP contribution in [0.25, 0.3) is 17.2 Å². The zero-order valence-corrected chi connectivity index (χ0v) is 22.6. The third-order valence-electron chi connectivity index (χ3n) is 7.59. The van der Waals surface area contributed by atoms with Crippen molar-refractivity contribution in [2.45, 2.75) is 39.8 Å². The van der Waals surface area contributed by atoms with Gasteiger partial charge in [-0.05, 0) is 33.4 Å². The maximum atomic E-state index is 6.43. The smallest absolute Gasteiger partial charge is 0.253 e. The fraction of sp³-hybridized carbons (Fsp3) is 0.464. The van der Waals surface area contributed by atoms with Gasteiger partial charge in [0.25, 0.3) is 5.78 Å². The van der Waals surface area contributed by atoms with E-state index < -0.39 is 0 Å². The van der Waals surface area contributed by atoms with Crippen molar-refractivity contribution in [2.24, 2.45) is 0 Å². The van der Waals surface area contributed by atoms with E-state index in [1.54, 1.807) is 4.52 Å². The summed E-state index contributed by atoms with van der Waals surface area (Å²) in [4.78, 5) is 25.5. The summed E-state index contributed by atoms with van der Waals surface area (Å²) in [5.74, 6) is 2.85. The Morgan fingerprint density at radius 3 is 2.39 bits per heavy atom. The number of aromatic nitrogens is 6. The first-order valence-electron chi connectivity index (χ1n) is 13.4. The minimum atomic E-state index is 0.0591. The molecule has 3 aromatic heterocycles. The molecule has 10 heteroatoms. The number of anilines is 1. The molecule has 0 aliphatic carbocycles.